The number of carbonyl (C=O) groups is 2. The summed E-state index contributed by atoms with van der Waals surface area (Å²) in [5.41, 5.74) is 3.15. The minimum atomic E-state index is -0.688. The summed E-state index contributed by atoms with van der Waals surface area (Å²) in [6.45, 7) is 0.781. The lowest BCUT2D eigenvalue weighted by Gasteiger charge is -2.28. The second-order valence-electron chi connectivity index (χ2n) is 5.64. The Balaban J connectivity index is 2.21. The second-order valence-corrected chi connectivity index (χ2v) is 5.64. The highest BCUT2D eigenvalue weighted by molar-refractivity contribution is 6.00. The van der Waals surface area contributed by atoms with Crippen molar-refractivity contribution in [3.8, 4) is 0 Å². The van der Waals surface area contributed by atoms with Gasteiger partial charge >= 0.3 is 11.9 Å². The van der Waals surface area contributed by atoms with Crippen LogP contribution in [0.1, 0.15) is 18.6 Å². The Kier molecular flexibility index (Phi) is 3.98. The maximum Gasteiger partial charge on any atom is 0.336 e. The van der Waals surface area contributed by atoms with Crippen LogP contribution in [0.2, 0.25) is 0 Å². The van der Waals surface area contributed by atoms with Gasteiger partial charge in [0.25, 0.3) is 0 Å². The van der Waals surface area contributed by atoms with E-state index in [1.54, 1.807) is 6.26 Å². The third kappa shape index (κ3) is 2.44. The Bertz CT molecular complexity index is 699. The number of hydrogen-bond donors (Lipinski definition) is 0. The molecule has 1 fully saturated rings. The molecule has 0 saturated carbocycles. The van der Waals surface area contributed by atoms with E-state index in [-0.39, 0.29) is 0 Å². The molecule has 1 saturated heterocycles. The lowest BCUT2D eigenvalue weighted by molar-refractivity contribution is -0.147. The molecule has 1 aliphatic heterocycles. The highest BCUT2D eigenvalue weighted by Crippen LogP contribution is 2.45. The predicted molar refractivity (Wildman–Crippen MR) is 82.0 cm³/mol. The Morgan fingerprint density at radius 2 is 2.04 bits per heavy atom. The molecule has 0 aromatic carbocycles. The van der Waals surface area contributed by atoms with E-state index in [0.29, 0.717) is 12.0 Å². The molecule has 0 amide bonds. The molecule has 1 aliphatic carbocycles. The fraction of sp³-hybridized carbons (Fsp3) is 0.412. The normalized spacial score (nSPS) is 20.7. The van der Waals surface area contributed by atoms with Crippen LogP contribution in [-0.2, 0) is 19.1 Å². The molecule has 3 rings (SSSR count). The highest BCUT2D eigenvalue weighted by atomic mass is 16.5. The summed E-state index contributed by atoms with van der Waals surface area (Å²) < 4.78 is 15.4. The molecule has 23 heavy (non-hydrogen) atoms. The van der Waals surface area contributed by atoms with Crippen LogP contribution in [0, 0.1) is 5.92 Å². The minimum Gasteiger partial charge on any atom is -0.469 e. The van der Waals surface area contributed by atoms with Gasteiger partial charge in [-0.3, -0.25) is 4.79 Å². The van der Waals surface area contributed by atoms with E-state index < -0.39 is 17.9 Å². The van der Waals surface area contributed by atoms with Gasteiger partial charge in [0.2, 0.25) is 0 Å². The number of rotatable bonds is 3. The zero-order valence-corrected chi connectivity index (χ0v) is 13.4. The van der Waals surface area contributed by atoms with Crippen molar-refractivity contribution in [3.63, 3.8) is 0 Å². The summed E-state index contributed by atoms with van der Waals surface area (Å²) in [6, 6.07) is 3.68. The van der Waals surface area contributed by atoms with Crippen molar-refractivity contribution in [2.24, 2.45) is 5.92 Å². The smallest absolute Gasteiger partial charge is 0.336 e. The molecule has 1 unspecified atom stereocenters. The van der Waals surface area contributed by atoms with Crippen molar-refractivity contribution in [1.82, 2.24) is 4.90 Å². The molecule has 0 N–H and O–H groups in total. The number of methoxy groups -OCH3 is 2. The number of allylic oxidation sites excluding steroid dienone is 2. The molecular formula is C17H19NO5. The third-order valence-electron chi connectivity index (χ3n) is 4.45. The van der Waals surface area contributed by atoms with Gasteiger partial charge in [0.1, 0.15) is 5.76 Å². The van der Waals surface area contributed by atoms with Crippen LogP contribution < -0.4 is 0 Å². The zero-order chi connectivity index (χ0) is 16.6. The van der Waals surface area contributed by atoms with Crippen LogP contribution in [0.15, 0.2) is 39.7 Å². The number of furan rings is 1. The SMILES string of the molecule is COC(=O)C1=C2C(=C(c3ccco3)CC1C(=O)OC)CCN2C. The summed E-state index contributed by atoms with van der Waals surface area (Å²) in [5, 5.41) is 0. The number of esters is 2. The number of nitrogens with zero attached hydrogens (tertiary/aromatic N) is 1. The highest BCUT2D eigenvalue weighted by Gasteiger charge is 2.42. The van der Waals surface area contributed by atoms with Gasteiger partial charge in [0, 0.05) is 19.2 Å². The van der Waals surface area contributed by atoms with Gasteiger partial charge in [-0.1, -0.05) is 0 Å². The lowest BCUT2D eigenvalue weighted by Crippen LogP contribution is -2.31. The van der Waals surface area contributed by atoms with Crippen molar-refractivity contribution >= 4 is 17.5 Å². The molecule has 0 bridgehead atoms. The standard InChI is InChI=1S/C17H19NO5/c1-18-7-6-10-11(13-5-4-8-23-13)9-12(16(19)21-2)14(15(10)18)17(20)22-3/h4-5,8,12H,6-7,9H2,1-3H3. The molecule has 122 valence electrons. The van der Waals surface area contributed by atoms with Crippen molar-refractivity contribution in [1.29, 1.82) is 0 Å². The molecule has 1 aromatic heterocycles. The topological polar surface area (TPSA) is 69.0 Å². The molecule has 2 heterocycles. The first-order chi connectivity index (χ1) is 11.1. The average molecular weight is 317 g/mol. The van der Waals surface area contributed by atoms with E-state index in [1.165, 1.54) is 14.2 Å². The van der Waals surface area contributed by atoms with Crippen LogP contribution in [0.4, 0.5) is 0 Å². The number of carbonyl (C=O) groups excluding carboxylic acids is 2. The fourth-order valence-electron chi connectivity index (χ4n) is 3.39. The maximum atomic E-state index is 12.3. The second kappa shape index (κ2) is 5.95. The van der Waals surface area contributed by atoms with E-state index in [9.17, 15) is 9.59 Å². The maximum absolute atomic E-state index is 12.3. The first kappa shape index (κ1) is 15.4. The molecule has 2 aliphatic rings. The molecule has 0 radical (unpaired) electrons. The Morgan fingerprint density at radius 1 is 1.26 bits per heavy atom. The van der Waals surface area contributed by atoms with E-state index in [4.69, 9.17) is 13.9 Å². The first-order valence-electron chi connectivity index (χ1n) is 7.46. The van der Waals surface area contributed by atoms with E-state index >= 15 is 0 Å². The molecule has 1 atom stereocenters. The van der Waals surface area contributed by atoms with Crippen molar-refractivity contribution in [2.45, 2.75) is 12.8 Å². The fourth-order valence-corrected chi connectivity index (χ4v) is 3.39. The zero-order valence-electron chi connectivity index (χ0n) is 13.4. The van der Waals surface area contributed by atoms with Crippen molar-refractivity contribution < 1.29 is 23.5 Å². The van der Waals surface area contributed by atoms with Gasteiger partial charge in [-0.2, -0.15) is 0 Å². The largest absolute Gasteiger partial charge is 0.469 e. The molecule has 6 heteroatoms. The van der Waals surface area contributed by atoms with Gasteiger partial charge in [0.15, 0.2) is 0 Å². The van der Waals surface area contributed by atoms with Crippen LogP contribution >= 0.6 is 0 Å². The van der Waals surface area contributed by atoms with Crippen LogP contribution in [0.25, 0.3) is 5.57 Å². The van der Waals surface area contributed by atoms with E-state index in [0.717, 1.165) is 35.6 Å². The minimum absolute atomic E-state index is 0.372. The summed E-state index contributed by atoms with van der Waals surface area (Å²) in [4.78, 5) is 26.6. The Labute approximate surface area is 134 Å². The summed E-state index contributed by atoms with van der Waals surface area (Å²) in [5.74, 6) is -0.890. The van der Waals surface area contributed by atoms with Crippen molar-refractivity contribution in [3.05, 3.63) is 41.0 Å². The van der Waals surface area contributed by atoms with E-state index in [1.807, 2.05) is 24.1 Å². The quantitative estimate of drug-likeness (QED) is 0.794. The monoisotopic (exact) mass is 317 g/mol. The van der Waals surface area contributed by atoms with Crippen molar-refractivity contribution in [2.75, 3.05) is 27.8 Å². The number of likely N-dealkylation sites (N-methyl/N-ethyl adjacent to an activating group) is 1. The number of likely N-dealkylation sites (tertiary alicyclic amines) is 1. The molecule has 0 spiro atoms. The predicted octanol–water partition coefficient (Wildman–Crippen LogP) is 1.99. The number of hydrogen-bond acceptors (Lipinski definition) is 6. The average Bonchev–Trinajstić information content (AvgIpc) is 3.22. The van der Waals surface area contributed by atoms with Gasteiger partial charge in [-0.05, 0) is 30.5 Å². The molecule has 6 nitrogen and oxygen atoms in total. The summed E-state index contributed by atoms with van der Waals surface area (Å²) in [6.07, 6.45) is 2.78. The van der Waals surface area contributed by atoms with Crippen LogP contribution in [-0.4, -0.2) is 44.7 Å². The molecule has 1 aromatic rings. The summed E-state index contributed by atoms with van der Waals surface area (Å²) >= 11 is 0. The van der Waals surface area contributed by atoms with Gasteiger partial charge < -0.3 is 18.8 Å². The van der Waals surface area contributed by atoms with Gasteiger partial charge in [-0.15, -0.1) is 0 Å². The Morgan fingerprint density at radius 3 is 2.65 bits per heavy atom. The lowest BCUT2D eigenvalue weighted by atomic mass is 9.80. The van der Waals surface area contributed by atoms with Crippen LogP contribution in [0.3, 0.4) is 0 Å². The van der Waals surface area contributed by atoms with Gasteiger partial charge in [0.05, 0.1) is 37.7 Å². The third-order valence-corrected chi connectivity index (χ3v) is 4.45. The molecular weight excluding hydrogens is 298 g/mol. The number of fused-ring (bicyclic) bond motifs is 1. The Hall–Kier alpha value is -2.50. The first-order valence-corrected chi connectivity index (χ1v) is 7.46. The van der Waals surface area contributed by atoms with Crippen LogP contribution in [0.5, 0.6) is 0 Å². The summed E-state index contributed by atoms with van der Waals surface area (Å²) in [7, 11) is 4.56. The van der Waals surface area contributed by atoms with E-state index in [2.05, 4.69) is 0 Å². The van der Waals surface area contributed by atoms with Gasteiger partial charge in [-0.25, -0.2) is 4.79 Å². The number of ether oxygens (including phenoxy) is 2.